The highest BCUT2D eigenvalue weighted by Gasteiger charge is 2.33. The molecule has 1 heterocycles. The average Bonchev–Trinajstić information content (AvgIpc) is 2.36. The molecule has 0 aliphatic carbocycles. The van der Waals surface area contributed by atoms with Crippen molar-refractivity contribution in [2.75, 3.05) is 13.1 Å². The molecule has 0 aromatic rings. The number of hydrogen-bond acceptors (Lipinski definition) is 3. The van der Waals surface area contributed by atoms with E-state index in [1.54, 1.807) is 0 Å². The standard InChI is InChI=1S/C9H11NO3/c1-3-5-10-6-4-8(9(10)12)13-7(2)11/h1,8H,4-6H2,2H3/t8-/m0/s1. The number of rotatable bonds is 2. The van der Waals surface area contributed by atoms with Crippen LogP contribution in [0.4, 0.5) is 0 Å². The number of ether oxygens (including phenoxy) is 1. The van der Waals surface area contributed by atoms with E-state index >= 15 is 0 Å². The summed E-state index contributed by atoms with van der Waals surface area (Å²) in [6.45, 7) is 2.15. The van der Waals surface area contributed by atoms with Crippen molar-refractivity contribution in [2.45, 2.75) is 19.4 Å². The SMILES string of the molecule is C#CCN1CC[C@H](OC(C)=O)C1=O. The predicted molar refractivity (Wildman–Crippen MR) is 45.6 cm³/mol. The first-order valence-electron chi connectivity index (χ1n) is 4.04. The van der Waals surface area contributed by atoms with Crippen molar-refractivity contribution in [1.82, 2.24) is 4.90 Å². The first-order valence-corrected chi connectivity index (χ1v) is 4.04. The summed E-state index contributed by atoms with van der Waals surface area (Å²) in [5.74, 6) is 1.76. The number of carbonyl (C=O) groups excluding carboxylic acids is 2. The van der Waals surface area contributed by atoms with Gasteiger partial charge in [0, 0.05) is 19.9 Å². The Morgan fingerprint density at radius 3 is 3.08 bits per heavy atom. The molecule has 1 rings (SSSR count). The molecule has 1 atom stereocenters. The Balaban J connectivity index is 2.51. The van der Waals surface area contributed by atoms with E-state index in [9.17, 15) is 9.59 Å². The molecule has 0 bridgehead atoms. The van der Waals surface area contributed by atoms with Gasteiger partial charge < -0.3 is 9.64 Å². The van der Waals surface area contributed by atoms with E-state index in [1.165, 1.54) is 11.8 Å². The molecule has 0 spiro atoms. The van der Waals surface area contributed by atoms with Crippen LogP contribution in [-0.2, 0) is 14.3 Å². The zero-order valence-electron chi connectivity index (χ0n) is 7.45. The number of hydrogen-bond donors (Lipinski definition) is 0. The number of esters is 1. The Morgan fingerprint density at radius 1 is 1.85 bits per heavy atom. The van der Waals surface area contributed by atoms with E-state index in [2.05, 4.69) is 5.92 Å². The number of nitrogens with zero attached hydrogens (tertiary/aromatic N) is 1. The average molecular weight is 181 g/mol. The van der Waals surface area contributed by atoms with Crippen molar-refractivity contribution >= 4 is 11.9 Å². The monoisotopic (exact) mass is 181 g/mol. The van der Waals surface area contributed by atoms with Crippen molar-refractivity contribution in [2.24, 2.45) is 0 Å². The summed E-state index contributed by atoms with van der Waals surface area (Å²) in [6, 6.07) is 0. The van der Waals surface area contributed by atoms with Crippen LogP contribution in [0.2, 0.25) is 0 Å². The van der Waals surface area contributed by atoms with E-state index < -0.39 is 12.1 Å². The first-order chi connectivity index (χ1) is 6.15. The zero-order valence-corrected chi connectivity index (χ0v) is 7.45. The Bertz CT molecular complexity index is 267. The maximum absolute atomic E-state index is 11.4. The molecular weight excluding hydrogens is 170 g/mol. The molecule has 0 N–H and O–H groups in total. The summed E-state index contributed by atoms with van der Waals surface area (Å²) in [5.41, 5.74) is 0. The first kappa shape index (κ1) is 9.59. The Labute approximate surface area is 76.8 Å². The molecule has 1 aliphatic rings. The third kappa shape index (κ3) is 2.22. The van der Waals surface area contributed by atoms with Crippen molar-refractivity contribution in [3.05, 3.63) is 0 Å². The molecular formula is C9H11NO3. The fourth-order valence-corrected chi connectivity index (χ4v) is 1.29. The highest BCUT2D eigenvalue weighted by molar-refractivity contribution is 5.85. The predicted octanol–water partition coefficient (Wildman–Crippen LogP) is -0.216. The molecule has 0 radical (unpaired) electrons. The van der Waals surface area contributed by atoms with Gasteiger partial charge in [-0.05, 0) is 0 Å². The van der Waals surface area contributed by atoms with Gasteiger partial charge in [0.15, 0.2) is 6.10 Å². The molecule has 13 heavy (non-hydrogen) atoms. The van der Waals surface area contributed by atoms with Gasteiger partial charge in [0.2, 0.25) is 0 Å². The fraction of sp³-hybridized carbons (Fsp3) is 0.556. The highest BCUT2D eigenvalue weighted by atomic mass is 16.5. The van der Waals surface area contributed by atoms with Crippen LogP contribution >= 0.6 is 0 Å². The normalized spacial score (nSPS) is 21.4. The summed E-state index contributed by atoms with van der Waals surface area (Å²) < 4.78 is 4.80. The Morgan fingerprint density at radius 2 is 2.54 bits per heavy atom. The van der Waals surface area contributed by atoms with E-state index in [0.29, 0.717) is 13.0 Å². The number of terminal acetylenes is 1. The number of amides is 1. The lowest BCUT2D eigenvalue weighted by atomic mass is 10.3. The van der Waals surface area contributed by atoms with E-state index in [1.807, 2.05) is 0 Å². The van der Waals surface area contributed by atoms with Crippen molar-refractivity contribution in [3.63, 3.8) is 0 Å². The maximum Gasteiger partial charge on any atom is 0.303 e. The summed E-state index contributed by atoms with van der Waals surface area (Å²) in [6.07, 6.45) is 4.99. The van der Waals surface area contributed by atoms with Gasteiger partial charge in [-0.1, -0.05) is 5.92 Å². The molecule has 1 fully saturated rings. The van der Waals surface area contributed by atoms with E-state index in [-0.39, 0.29) is 12.5 Å². The van der Waals surface area contributed by atoms with Gasteiger partial charge in [-0.15, -0.1) is 6.42 Å². The minimum absolute atomic E-state index is 0.187. The number of likely N-dealkylation sites (tertiary alicyclic amines) is 1. The second kappa shape index (κ2) is 3.94. The van der Waals surface area contributed by atoms with Crippen LogP contribution in [0.3, 0.4) is 0 Å². The largest absolute Gasteiger partial charge is 0.452 e. The minimum atomic E-state index is -0.620. The smallest absolute Gasteiger partial charge is 0.303 e. The fourth-order valence-electron chi connectivity index (χ4n) is 1.29. The molecule has 1 saturated heterocycles. The van der Waals surface area contributed by atoms with Crippen LogP contribution in [-0.4, -0.2) is 36.0 Å². The Hall–Kier alpha value is -1.50. The van der Waals surface area contributed by atoms with Crippen LogP contribution in [0.5, 0.6) is 0 Å². The van der Waals surface area contributed by atoms with Gasteiger partial charge in [-0.2, -0.15) is 0 Å². The number of carbonyl (C=O) groups is 2. The molecule has 1 amide bonds. The molecule has 0 aromatic heterocycles. The van der Waals surface area contributed by atoms with E-state index in [4.69, 9.17) is 11.2 Å². The molecule has 70 valence electrons. The topological polar surface area (TPSA) is 46.6 Å². The summed E-state index contributed by atoms with van der Waals surface area (Å²) in [5, 5.41) is 0. The van der Waals surface area contributed by atoms with Gasteiger partial charge in [0.1, 0.15) is 0 Å². The third-order valence-corrected chi connectivity index (χ3v) is 1.84. The van der Waals surface area contributed by atoms with Crippen LogP contribution < -0.4 is 0 Å². The van der Waals surface area contributed by atoms with Crippen LogP contribution in [0.25, 0.3) is 0 Å². The lowest BCUT2D eigenvalue weighted by Crippen LogP contribution is -2.31. The van der Waals surface area contributed by atoms with Crippen molar-refractivity contribution < 1.29 is 14.3 Å². The summed E-state index contributed by atoms with van der Waals surface area (Å²) in [4.78, 5) is 23.5. The van der Waals surface area contributed by atoms with Gasteiger partial charge in [-0.25, -0.2) is 0 Å². The summed E-state index contributed by atoms with van der Waals surface area (Å²) >= 11 is 0. The quantitative estimate of drug-likeness (QED) is 0.437. The van der Waals surface area contributed by atoms with Gasteiger partial charge in [0.05, 0.1) is 6.54 Å². The minimum Gasteiger partial charge on any atom is -0.452 e. The second-order valence-electron chi connectivity index (χ2n) is 2.85. The molecule has 1 aliphatic heterocycles. The molecule has 4 nitrogen and oxygen atoms in total. The van der Waals surface area contributed by atoms with Gasteiger partial charge >= 0.3 is 5.97 Å². The van der Waals surface area contributed by atoms with Crippen molar-refractivity contribution in [3.8, 4) is 12.3 Å². The third-order valence-electron chi connectivity index (χ3n) is 1.84. The van der Waals surface area contributed by atoms with Gasteiger partial charge in [-0.3, -0.25) is 9.59 Å². The Kier molecular flexibility index (Phi) is 2.91. The molecule has 0 aromatic carbocycles. The molecule has 4 heteroatoms. The lowest BCUT2D eigenvalue weighted by molar-refractivity contribution is -0.154. The molecule has 0 saturated carbocycles. The van der Waals surface area contributed by atoms with Crippen LogP contribution in [0, 0.1) is 12.3 Å². The second-order valence-corrected chi connectivity index (χ2v) is 2.85. The van der Waals surface area contributed by atoms with E-state index in [0.717, 1.165) is 0 Å². The van der Waals surface area contributed by atoms with Crippen LogP contribution in [0.15, 0.2) is 0 Å². The van der Waals surface area contributed by atoms with Crippen molar-refractivity contribution in [1.29, 1.82) is 0 Å². The zero-order chi connectivity index (χ0) is 9.84. The summed E-state index contributed by atoms with van der Waals surface area (Å²) in [7, 11) is 0. The van der Waals surface area contributed by atoms with Gasteiger partial charge in [0.25, 0.3) is 5.91 Å². The lowest BCUT2D eigenvalue weighted by Gasteiger charge is -2.12. The molecule has 0 unspecified atom stereocenters. The maximum atomic E-state index is 11.4. The highest BCUT2D eigenvalue weighted by Crippen LogP contribution is 2.13. The van der Waals surface area contributed by atoms with Crippen LogP contribution in [0.1, 0.15) is 13.3 Å².